The van der Waals surface area contributed by atoms with E-state index in [1.54, 1.807) is 0 Å². The van der Waals surface area contributed by atoms with E-state index in [-0.39, 0.29) is 11.4 Å². The van der Waals surface area contributed by atoms with E-state index in [0.29, 0.717) is 12.8 Å². The number of anilines is 1. The lowest BCUT2D eigenvalue weighted by Crippen LogP contribution is -2.48. The van der Waals surface area contributed by atoms with Gasteiger partial charge in [-0.15, -0.1) is 0 Å². The van der Waals surface area contributed by atoms with Crippen LogP contribution in [0.25, 0.3) is 0 Å². The van der Waals surface area contributed by atoms with Gasteiger partial charge in [0.1, 0.15) is 0 Å². The van der Waals surface area contributed by atoms with E-state index in [4.69, 9.17) is 5.73 Å². The highest BCUT2D eigenvalue weighted by Crippen LogP contribution is 2.30. The highest BCUT2D eigenvalue weighted by molar-refractivity contribution is 5.98. The van der Waals surface area contributed by atoms with E-state index in [1.807, 2.05) is 0 Å². The molecule has 0 spiro atoms. The summed E-state index contributed by atoms with van der Waals surface area (Å²) in [5.74, 6) is -2.18. The summed E-state index contributed by atoms with van der Waals surface area (Å²) in [6.45, 7) is 0. The van der Waals surface area contributed by atoms with Gasteiger partial charge in [-0.05, 0) is 12.8 Å². The summed E-state index contributed by atoms with van der Waals surface area (Å²) in [7, 11) is 1.24. The largest absolute Gasteiger partial charge is 0.494 e. The minimum absolute atomic E-state index is 0.209. The fraction of sp³-hybridized carbons (Fsp3) is 0.462. The van der Waals surface area contributed by atoms with Crippen LogP contribution in [0.5, 0.6) is 5.75 Å². The average molecular weight is 270 g/mol. The topological polar surface area (TPSA) is 64.3 Å². The second-order valence-corrected chi connectivity index (χ2v) is 4.78. The third-order valence-electron chi connectivity index (χ3n) is 3.44. The molecule has 1 saturated carbocycles. The normalized spacial score (nSPS) is 17.3. The molecule has 4 nitrogen and oxygen atoms in total. The molecule has 1 fully saturated rings. The number of halogens is 2. The van der Waals surface area contributed by atoms with Crippen molar-refractivity contribution in [1.29, 1.82) is 0 Å². The summed E-state index contributed by atoms with van der Waals surface area (Å²) < 4.78 is 31.8. The van der Waals surface area contributed by atoms with Gasteiger partial charge < -0.3 is 15.8 Å². The monoisotopic (exact) mass is 270 g/mol. The van der Waals surface area contributed by atoms with Crippen LogP contribution in [0.15, 0.2) is 12.1 Å². The van der Waals surface area contributed by atoms with Crippen molar-refractivity contribution in [3.8, 4) is 5.75 Å². The van der Waals surface area contributed by atoms with Gasteiger partial charge in [-0.1, -0.05) is 12.8 Å². The molecule has 2 rings (SSSR count). The van der Waals surface area contributed by atoms with E-state index in [1.165, 1.54) is 7.11 Å². The number of amides is 1. The Labute approximate surface area is 109 Å². The van der Waals surface area contributed by atoms with Crippen molar-refractivity contribution in [1.82, 2.24) is 0 Å². The molecule has 1 amide bonds. The van der Waals surface area contributed by atoms with Gasteiger partial charge >= 0.3 is 0 Å². The van der Waals surface area contributed by atoms with Crippen LogP contribution in [0.4, 0.5) is 14.5 Å². The molecule has 19 heavy (non-hydrogen) atoms. The van der Waals surface area contributed by atoms with Gasteiger partial charge in [-0.3, -0.25) is 4.79 Å². The molecular weight excluding hydrogens is 254 g/mol. The Hall–Kier alpha value is -1.69. The molecule has 0 unspecified atom stereocenters. The van der Waals surface area contributed by atoms with Gasteiger partial charge in [0.05, 0.1) is 18.3 Å². The van der Waals surface area contributed by atoms with E-state index < -0.39 is 23.1 Å². The first kappa shape index (κ1) is 13.7. The van der Waals surface area contributed by atoms with Crippen molar-refractivity contribution >= 4 is 11.6 Å². The Morgan fingerprint density at radius 2 is 1.95 bits per heavy atom. The molecule has 104 valence electrons. The molecule has 3 N–H and O–H groups in total. The third-order valence-corrected chi connectivity index (χ3v) is 3.44. The maximum Gasteiger partial charge on any atom is 0.244 e. The zero-order chi connectivity index (χ0) is 14.0. The quantitative estimate of drug-likeness (QED) is 0.884. The first-order valence-electron chi connectivity index (χ1n) is 6.09. The Balaban J connectivity index is 2.19. The van der Waals surface area contributed by atoms with Crippen molar-refractivity contribution < 1.29 is 18.3 Å². The SMILES string of the molecule is COc1cc(F)c(NC(=O)C2(N)CCCC2)cc1F. The summed E-state index contributed by atoms with van der Waals surface area (Å²) in [5, 5.41) is 2.35. The number of ether oxygens (including phenoxy) is 1. The molecule has 6 heteroatoms. The summed E-state index contributed by atoms with van der Waals surface area (Å²) in [4.78, 5) is 12.0. The number of carbonyl (C=O) groups is 1. The summed E-state index contributed by atoms with van der Waals surface area (Å²) in [6, 6.07) is 1.78. The van der Waals surface area contributed by atoms with Gasteiger partial charge in [-0.25, -0.2) is 8.78 Å². The summed E-state index contributed by atoms with van der Waals surface area (Å²) in [6.07, 6.45) is 2.84. The van der Waals surface area contributed by atoms with Crippen LogP contribution in [0.1, 0.15) is 25.7 Å². The lowest BCUT2D eigenvalue weighted by Gasteiger charge is -2.22. The predicted octanol–water partition coefficient (Wildman–Crippen LogP) is 2.18. The number of benzene rings is 1. The third kappa shape index (κ3) is 2.68. The molecule has 0 aliphatic heterocycles. The van der Waals surface area contributed by atoms with Crippen LogP contribution in [0.2, 0.25) is 0 Å². The number of hydrogen-bond acceptors (Lipinski definition) is 3. The van der Waals surface area contributed by atoms with E-state index >= 15 is 0 Å². The molecule has 0 radical (unpaired) electrons. The number of carbonyl (C=O) groups excluding carboxylic acids is 1. The van der Waals surface area contributed by atoms with Crippen molar-refractivity contribution in [2.45, 2.75) is 31.2 Å². The van der Waals surface area contributed by atoms with E-state index in [9.17, 15) is 13.6 Å². The van der Waals surface area contributed by atoms with Crippen LogP contribution >= 0.6 is 0 Å². The van der Waals surface area contributed by atoms with E-state index in [0.717, 1.165) is 25.0 Å². The van der Waals surface area contributed by atoms with Crippen LogP contribution in [0.3, 0.4) is 0 Å². The van der Waals surface area contributed by atoms with Crippen molar-refractivity contribution in [3.05, 3.63) is 23.8 Å². The highest BCUT2D eigenvalue weighted by atomic mass is 19.1. The Bertz CT molecular complexity index is 500. The molecule has 0 saturated heterocycles. The van der Waals surface area contributed by atoms with Gasteiger partial charge in [0.15, 0.2) is 17.4 Å². The van der Waals surface area contributed by atoms with Crippen molar-refractivity contribution in [3.63, 3.8) is 0 Å². The lowest BCUT2D eigenvalue weighted by molar-refractivity contribution is -0.121. The zero-order valence-electron chi connectivity index (χ0n) is 10.6. The fourth-order valence-electron chi connectivity index (χ4n) is 2.26. The second kappa shape index (κ2) is 5.13. The number of methoxy groups -OCH3 is 1. The van der Waals surface area contributed by atoms with Crippen LogP contribution in [-0.4, -0.2) is 18.6 Å². The summed E-state index contributed by atoms with van der Waals surface area (Å²) in [5.41, 5.74) is 4.74. The van der Waals surface area contributed by atoms with Gasteiger partial charge in [0.2, 0.25) is 5.91 Å². The number of rotatable bonds is 3. The minimum atomic E-state index is -0.983. The molecular formula is C13H16F2N2O2. The Morgan fingerprint density at radius 1 is 1.32 bits per heavy atom. The number of hydrogen-bond donors (Lipinski definition) is 2. The molecule has 0 bridgehead atoms. The summed E-state index contributed by atoms with van der Waals surface area (Å²) >= 11 is 0. The van der Waals surface area contributed by atoms with Crippen LogP contribution < -0.4 is 15.8 Å². The Morgan fingerprint density at radius 3 is 2.53 bits per heavy atom. The zero-order valence-corrected chi connectivity index (χ0v) is 10.6. The Kier molecular flexibility index (Phi) is 3.71. The molecule has 1 aromatic carbocycles. The predicted molar refractivity (Wildman–Crippen MR) is 66.9 cm³/mol. The number of nitrogens with one attached hydrogen (secondary N) is 1. The maximum atomic E-state index is 13.7. The first-order chi connectivity index (χ1) is 8.96. The molecule has 1 aliphatic rings. The maximum absolute atomic E-state index is 13.7. The minimum Gasteiger partial charge on any atom is -0.494 e. The van der Waals surface area contributed by atoms with Crippen LogP contribution in [-0.2, 0) is 4.79 Å². The van der Waals surface area contributed by atoms with Gasteiger partial charge in [0, 0.05) is 12.1 Å². The second-order valence-electron chi connectivity index (χ2n) is 4.78. The number of nitrogens with two attached hydrogens (primary N) is 1. The molecule has 1 aromatic rings. The average Bonchev–Trinajstić information content (AvgIpc) is 2.81. The first-order valence-corrected chi connectivity index (χ1v) is 6.09. The molecule has 0 atom stereocenters. The molecule has 1 aliphatic carbocycles. The smallest absolute Gasteiger partial charge is 0.244 e. The van der Waals surface area contributed by atoms with Gasteiger partial charge in [-0.2, -0.15) is 0 Å². The standard InChI is InChI=1S/C13H16F2N2O2/c1-19-11-7-8(14)10(6-9(11)15)17-12(18)13(16)4-2-3-5-13/h6-7H,2-5,16H2,1H3,(H,17,18). The van der Waals surface area contributed by atoms with Crippen molar-refractivity contribution in [2.24, 2.45) is 5.73 Å². The van der Waals surface area contributed by atoms with Crippen LogP contribution in [0, 0.1) is 11.6 Å². The molecule has 0 aromatic heterocycles. The van der Waals surface area contributed by atoms with Crippen molar-refractivity contribution in [2.75, 3.05) is 12.4 Å². The molecule has 0 heterocycles. The highest BCUT2D eigenvalue weighted by Gasteiger charge is 2.37. The van der Waals surface area contributed by atoms with Gasteiger partial charge in [0.25, 0.3) is 0 Å². The van der Waals surface area contributed by atoms with E-state index in [2.05, 4.69) is 10.1 Å². The lowest BCUT2D eigenvalue weighted by atomic mass is 9.98. The fourth-order valence-corrected chi connectivity index (χ4v) is 2.26.